The molecule has 18 heavy (non-hydrogen) atoms. The second-order valence-electron chi connectivity index (χ2n) is 4.88. The Kier molecular flexibility index (Phi) is 4.64. The van der Waals surface area contributed by atoms with Crippen molar-refractivity contribution in [3.05, 3.63) is 29.8 Å². The summed E-state index contributed by atoms with van der Waals surface area (Å²) in [6.07, 6.45) is 4.70. The molecule has 98 valence electrons. The van der Waals surface area contributed by atoms with E-state index in [1.165, 1.54) is 18.9 Å². The predicted octanol–water partition coefficient (Wildman–Crippen LogP) is 3.08. The fourth-order valence-corrected chi connectivity index (χ4v) is 2.84. The molecule has 1 amide bonds. The van der Waals surface area contributed by atoms with Crippen LogP contribution in [0.3, 0.4) is 0 Å². The normalized spacial score (nSPS) is 23.6. The molecule has 0 heterocycles. The lowest BCUT2D eigenvalue weighted by Crippen LogP contribution is -2.31. The fourth-order valence-electron chi connectivity index (χ4n) is 2.31. The standard InChI is InChI=1S/C14H18BrNO2/c15-12-6-4-10(5-7-12)9-16-14(18)11-2-1-3-13(17)8-11/h1-3,8,10,12,17H,4-7,9H2,(H,16,18). The molecule has 0 bridgehead atoms. The minimum Gasteiger partial charge on any atom is -0.508 e. The summed E-state index contributed by atoms with van der Waals surface area (Å²) in [5, 5.41) is 12.3. The number of benzene rings is 1. The Bertz CT molecular complexity index is 414. The summed E-state index contributed by atoms with van der Waals surface area (Å²) in [6, 6.07) is 6.45. The quantitative estimate of drug-likeness (QED) is 0.843. The van der Waals surface area contributed by atoms with E-state index in [9.17, 15) is 9.90 Å². The van der Waals surface area contributed by atoms with Gasteiger partial charge in [0.2, 0.25) is 0 Å². The van der Waals surface area contributed by atoms with Gasteiger partial charge in [0.1, 0.15) is 5.75 Å². The van der Waals surface area contributed by atoms with Gasteiger partial charge in [-0.3, -0.25) is 4.79 Å². The zero-order valence-corrected chi connectivity index (χ0v) is 11.8. The number of phenolic OH excluding ortho intramolecular Hbond substituents is 1. The number of nitrogens with one attached hydrogen (secondary N) is 1. The van der Waals surface area contributed by atoms with Crippen LogP contribution < -0.4 is 5.32 Å². The van der Waals surface area contributed by atoms with Gasteiger partial charge in [0.15, 0.2) is 0 Å². The van der Waals surface area contributed by atoms with E-state index in [0.29, 0.717) is 16.3 Å². The Morgan fingerprint density at radius 2 is 2.06 bits per heavy atom. The smallest absolute Gasteiger partial charge is 0.251 e. The van der Waals surface area contributed by atoms with E-state index in [0.717, 1.165) is 19.4 Å². The molecule has 4 heteroatoms. The van der Waals surface area contributed by atoms with E-state index in [2.05, 4.69) is 21.2 Å². The molecule has 0 aliphatic heterocycles. The molecule has 3 nitrogen and oxygen atoms in total. The first-order valence-corrected chi connectivity index (χ1v) is 7.28. The third kappa shape index (κ3) is 3.73. The Morgan fingerprint density at radius 3 is 2.72 bits per heavy atom. The third-order valence-corrected chi connectivity index (χ3v) is 4.35. The van der Waals surface area contributed by atoms with Crippen molar-refractivity contribution in [3.8, 4) is 5.75 Å². The van der Waals surface area contributed by atoms with E-state index in [-0.39, 0.29) is 11.7 Å². The number of rotatable bonds is 3. The minimum absolute atomic E-state index is 0.105. The van der Waals surface area contributed by atoms with Gasteiger partial charge in [-0.05, 0) is 49.8 Å². The summed E-state index contributed by atoms with van der Waals surface area (Å²) in [7, 11) is 0. The van der Waals surface area contributed by atoms with Crippen molar-refractivity contribution in [1.82, 2.24) is 5.32 Å². The number of carbonyl (C=O) groups excluding carboxylic acids is 1. The highest BCUT2D eigenvalue weighted by Gasteiger charge is 2.19. The van der Waals surface area contributed by atoms with E-state index in [1.807, 2.05) is 0 Å². The maximum Gasteiger partial charge on any atom is 0.251 e. The van der Waals surface area contributed by atoms with Gasteiger partial charge in [0.25, 0.3) is 5.91 Å². The van der Waals surface area contributed by atoms with Crippen molar-refractivity contribution in [1.29, 1.82) is 0 Å². The lowest BCUT2D eigenvalue weighted by molar-refractivity contribution is 0.0943. The molecule has 1 aromatic carbocycles. The Labute approximate surface area is 116 Å². The maximum atomic E-state index is 11.9. The molecule has 2 rings (SSSR count). The summed E-state index contributed by atoms with van der Waals surface area (Å²) in [5.41, 5.74) is 0.518. The molecule has 0 unspecified atom stereocenters. The number of aromatic hydroxyl groups is 1. The van der Waals surface area contributed by atoms with E-state index < -0.39 is 0 Å². The van der Waals surface area contributed by atoms with Crippen LogP contribution in [-0.2, 0) is 0 Å². The monoisotopic (exact) mass is 311 g/mol. The summed E-state index contributed by atoms with van der Waals surface area (Å²) >= 11 is 3.63. The summed E-state index contributed by atoms with van der Waals surface area (Å²) in [6.45, 7) is 0.730. The first-order valence-electron chi connectivity index (χ1n) is 6.36. The van der Waals surface area contributed by atoms with Gasteiger partial charge in [-0.1, -0.05) is 22.0 Å². The van der Waals surface area contributed by atoms with Crippen molar-refractivity contribution in [2.45, 2.75) is 30.5 Å². The molecule has 1 saturated carbocycles. The average Bonchev–Trinajstić information content (AvgIpc) is 2.38. The number of phenols is 1. The third-order valence-electron chi connectivity index (χ3n) is 3.44. The number of alkyl halides is 1. The van der Waals surface area contributed by atoms with Gasteiger partial charge in [0, 0.05) is 16.9 Å². The molecular weight excluding hydrogens is 294 g/mol. The lowest BCUT2D eigenvalue weighted by atomic mass is 9.89. The van der Waals surface area contributed by atoms with E-state index in [4.69, 9.17) is 0 Å². The molecule has 0 radical (unpaired) electrons. The van der Waals surface area contributed by atoms with Gasteiger partial charge < -0.3 is 10.4 Å². The zero-order valence-electron chi connectivity index (χ0n) is 10.2. The van der Waals surface area contributed by atoms with Gasteiger partial charge in [-0.2, -0.15) is 0 Å². The number of hydrogen-bond acceptors (Lipinski definition) is 2. The average molecular weight is 312 g/mol. The van der Waals surface area contributed by atoms with Crippen LogP contribution in [0.5, 0.6) is 5.75 Å². The Morgan fingerprint density at radius 1 is 1.33 bits per heavy atom. The van der Waals surface area contributed by atoms with Crippen LogP contribution in [0.1, 0.15) is 36.0 Å². The van der Waals surface area contributed by atoms with Gasteiger partial charge in [-0.15, -0.1) is 0 Å². The number of carbonyl (C=O) groups is 1. The first kappa shape index (κ1) is 13.4. The highest BCUT2D eigenvalue weighted by atomic mass is 79.9. The molecule has 1 aromatic rings. The van der Waals surface area contributed by atoms with Crippen molar-refractivity contribution in [2.24, 2.45) is 5.92 Å². The van der Waals surface area contributed by atoms with E-state index >= 15 is 0 Å². The first-order chi connectivity index (χ1) is 8.65. The van der Waals surface area contributed by atoms with Gasteiger partial charge in [-0.25, -0.2) is 0 Å². The van der Waals surface area contributed by atoms with Crippen LogP contribution in [0, 0.1) is 5.92 Å². The van der Waals surface area contributed by atoms with Crippen LogP contribution in [0.4, 0.5) is 0 Å². The van der Waals surface area contributed by atoms with Crippen LogP contribution >= 0.6 is 15.9 Å². The van der Waals surface area contributed by atoms with Crippen molar-refractivity contribution >= 4 is 21.8 Å². The van der Waals surface area contributed by atoms with Gasteiger partial charge >= 0.3 is 0 Å². The predicted molar refractivity (Wildman–Crippen MR) is 75.1 cm³/mol. The second-order valence-corrected chi connectivity index (χ2v) is 6.17. The van der Waals surface area contributed by atoms with Crippen LogP contribution in [0.15, 0.2) is 24.3 Å². The van der Waals surface area contributed by atoms with E-state index in [1.54, 1.807) is 18.2 Å². The van der Waals surface area contributed by atoms with Crippen LogP contribution in [0.2, 0.25) is 0 Å². The maximum absolute atomic E-state index is 11.9. The molecule has 1 aliphatic carbocycles. The molecule has 0 aromatic heterocycles. The summed E-state index contributed by atoms with van der Waals surface area (Å²) < 4.78 is 0. The van der Waals surface area contributed by atoms with Crippen LogP contribution in [-0.4, -0.2) is 22.4 Å². The van der Waals surface area contributed by atoms with Crippen molar-refractivity contribution in [2.75, 3.05) is 6.54 Å². The highest BCUT2D eigenvalue weighted by molar-refractivity contribution is 9.09. The second kappa shape index (κ2) is 6.23. The molecule has 1 aliphatic rings. The largest absolute Gasteiger partial charge is 0.508 e. The molecule has 0 saturated heterocycles. The fraction of sp³-hybridized carbons (Fsp3) is 0.500. The molecular formula is C14H18BrNO2. The Hall–Kier alpha value is -1.03. The number of halogens is 1. The minimum atomic E-state index is -0.105. The Balaban J connectivity index is 1.81. The van der Waals surface area contributed by atoms with Gasteiger partial charge in [0.05, 0.1) is 0 Å². The SMILES string of the molecule is O=C(NCC1CCC(Br)CC1)c1cccc(O)c1. The lowest BCUT2D eigenvalue weighted by Gasteiger charge is -2.25. The number of hydrogen-bond donors (Lipinski definition) is 2. The number of amides is 1. The van der Waals surface area contributed by atoms with Crippen LogP contribution in [0.25, 0.3) is 0 Å². The molecule has 0 atom stereocenters. The molecule has 0 spiro atoms. The topological polar surface area (TPSA) is 49.3 Å². The molecule has 1 fully saturated rings. The zero-order chi connectivity index (χ0) is 13.0. The van der Waals surface area contributed by atoms with Crippen molar-refractivity contribution < 1.29 is 9.90 Å². The summed E-state index contributed by atoms with van der Waals surface area (Å²) in [5.74, 6) is 0.606. The molecule has 2 N–H and O–H groups in total. The van der Waals surface area contributed by atoms with Crippen molar-refractivity contribution in [3.63, 3.8) is 0 Å². The highest BCUT2D eigenvalue weighted by Crippen LogP contribution is 2.28. The summed E-state index contributed by atoms with van der Waals surface area (Å²) in [4.78, 5) is 12.5.